The zero-order chi connectivity index (χ0) is 17.6. The normalized spacial score (nSPS) is 24.2. The Bertz CT molecular complexity index is 616. The van der Waals surface area contributed by atoms with Gasteiger partial charge in [0.15, 0.2) is 0 Å². The molecule has 0 radical (unpaired) electrons. The Hall–Kier alpha value is -1.55. The van der Waals surface area contributed by atoms with Gasteiger partial charge in [-0.3, -0.25) is 4.79 Å². The number of carbonyl (C=O) groups excluding carboxylic acids is 1. The van der Waals surface area contributed by atoms with Crippen molar-refractivity contribution >= 4 is 5.91 Å². The van der Waals surface area contributed by atoms with Crippen LogP contribution in [-0.2, 0) is 10.2 Å². The highest BCUT2D eigenvalue weighted by Crippen LogP contribution is 2.51. The van der Waals surface area contributed by atoms with Gasteiger partial charge in [0, 0.05) is 22.7 Å². The van der Waals surface area contributed by atoms with Crippen molar-refractivity contribution in [3.05, 3.63) is 29.8 Å². The fourth-order valence-electron chi connectivity index (χ4n) is 4.53. The van der Waals surface area contributed by atoms with Crippen molar-refractivity contribution in [2.45, 2.75) is 75.9 Å². The summed E-state index contributed by atoms with van der Waals surface area (Å²) in [5.74, 6) is 0.974. The molecule has 1 saturated heterocycles. The van der Waals surface area contributed by atoms with Crippen molar-refractivity contribution in [2.75, 3.05) is 7.11 Å². The van der Waals surface area contributed by atoms with Gasteiger partial charge in [0.25, 0.3) is 0 Å². The number of rotatable bonds is 4. The van der Waals surface area contributed by atoms with Crippen molar-refractivity contribution in [1.29, 1.82) is 0 Å². The quantitative estimate of drug-likeness (QED) is 0.892. The first-order valence-corrected chi connectivity index (χ1v) is 8.91. The number of para-hydroxylation sites is 1. The van der Waals surface area contributed by atoms with Gasteiger partial charge < -0.3 is 15.4 Å². The topological polar surface area (TPSA) is 50.4 Å². The molecule has 2 fully saturated rings. The third-order valence-electron chi connectivity index (χ3n) is 5.33. The van der Waals surface area contributed by atoms with Crippen LogP contribution < -0.4 is 15.4 Å². The number of methoxy groups -OCH3 is 1. The van der Waals surface area contributed by atoms with E-state index >= 15 is 0 Å². The Balaban J connectivity index is 1.77. The summed E-state index contributed by atoms with van der Waals surface area (Å²) in [7, 11) is 1.67. The molecule has 1 aliphatic carbocycles. The summed E-state index contributed by atoms with van der Waals surface area (Å²) >= 11 is 0. The summed E-state index contributed by atoms with van der Waals surface area (Å²) in [6, 6.07) is 8.12. The lowest BCUT2D eigenvalue weighted by Gasteiger charge is -2.46. The molecule has 0 unspecified atom stereocenters. The summed E-state index contributed by atoms with van der Waals surface area (Å²) < 4.78 is 5.49. The van der Waals surface area contributed by atoms with Gasteiger partial charge in [-0.25, -0.2) is 0 Å². The molecular formula is C20H30N2O2. The van der Waals surface area contributed by atoms with Gasteiger partial charge in [-0.15, -0.1) is 0 Å². The van der Waals surface area contributed by atoms with Gasteiger partial charge in [0.2, 0.25) is 5.91 Å². The molecule has 1 aromatic carbocycles. The molecule has 4 nitrogen and oxygen atoms in total. The zero-order valence-electron chi connectivity index (χ0n) is 15.5. The van der Waals surface area contributed by atoms with E-state index in [4.69, 9.17) is 4.74 Å². The third kappa shape index (κ3) is 3.30. The molecule has 1 saturated carbocycles. The van der Waals surface area contributed by atoms with Crippen LogP contribution in [0.1, 0.15) is 58.9 Å². The highest BCUT2D eigenvalue weighted by atomic mass is 16.5. The lowest BCUT2D eigenvalue weighted by Crippen LogP contribution is -2.62. The molecule has 0 aromatic heterocycles. The Kier molecular flexibility index (Phi) is 4.15. The molecule has 0 spiro atoms. The average Bonchev–Trinajstić information content (AvgIpc) is 3.25. The molecule has 1 aliphatic heterocycles. The Morgan fingerprint density at radius 3 is 2.25 bits per heavy atom. The maximum absolute atomic E-state index is 13.1. The summed E-state index contributed by atoms with van der Waals surface area (Å²) in [5.41, 5.74) is 0.686. The molecule has 1 heterocycles. The molecule has 2 N–H and O–H groups in total. The lowest BCUT2D eigenvalue weighted by molar-refractivity contribution is -0.124. The molecule has 1 amide bonds. The number of piperidine rings is 1. The van der Waals surface area contributed by atoms with E-state index in [9.17, 15) is 4.79 Å². The van der Waals surface area contributed by atoms with Crippen molar-refractivity contribution in [1.82, 2.24) is 10.6 Å². The number of ether oxygens (including phenoxy) is 1. The Labute approximate surface area is 145 Å². The molecular weight excluding hydrogens is 300 g/mol. The van der Waals surface area contributed by atoms with Crippen LogP contribution in [0.4, 0.5) is 0 Å². The Morgan fingerprint density at radius 1 is 1.12 bits per heavy atom. The van der Waals surface area contributed by atoms with E-state index in [0.29, 0.717) is 0 Å². The van der Waals surface area contributed by atoms with Crippen molar-refractivity contribution in [3.8, 4) is 5.75 Å². The molecule has 4 heteroatoms. The summed E-state index contributed by atoms with van der Waals surface area (Å²) in [6.45, 7) is 8.83. The fraction of sp³-hybridized carbons (Fsp3) is 0.650. The van der Waals surface area contributed by atoms with Crippen LogP contribution in [0.3, 0.4) is 0 Å². The van der Waals surface area contributed by atoms with Crippen LogP contribution in [0.15, 0.2) is 24.3 Å². The average molecular weight is 330 g/mol. The highest BCUT2D eigenvalue weighted by molar-refractivity contribution is 5.92. The highest BCUT2D eigenvalue weighted by Gasteiger charge is 2.53. The third-order valence-corrected chi connectivity index (χ3v) is 5.33. The van der Waals surface area contributed by atoms with Gasteiger partial charge >= 0.3 is 0 Å². The van der Waals surface area contributed by atoms with E-state index in [2.05, 4.69) is 38.3 Å². The van der Waals surface area contributed by atoms with Crippen LogP contribution in [0.2, 0.25) is 0 Å². The summed E-state index contributed by atoms with van der Waals surface area (Å²) in [4.78, 5) is 13.1. The van der Waals surface area contributed by atoms with Gasteiger partial charge in [0.05, 0.1) is 12.5 Å². The second-order valence-electron chi connectivity index (χ2n) is 8.75. The first-order valence-electron chi connectivity index (χ1n) is 8.91. The number of carbonyl (C=O) groups is 1. The minimum atomic E-state index is -0.397. The second kappa shape index (κ2) is 5.76. The SMILES string of the molecule is COc1ccccc1C1(C(=O)NC2CC(C)(C)NC(C)(C)C2)CC1. The smallest absolute Gasteiger partial charge is 0.231 e. The van der Waals surface area contributed by atoms with Crippen LogP contribution >= 0.6 is 0 Å². The molecule has 0 bridgehead atoms. The first-order chi connectivity index (χ1) is 11.2. The molecule has 24 heavy (non-hydrogen) atoms. The zero-order valence-corrected chi connectivity index (χ0v) is 15.5. The molecule has 1 aromatic rings. The van der Waals surface area contributed by atoms with E-state index in [0.717, 1.165) is 37.0 Å². The van der Waals surface area contributed by atoms with E-state index in [1.54, 1.807) is 7.11 Å². The standard InChI is InChI=1S/C20H30N2O2/c1-18(2)12-14(13-19(3,4)22-18)21-17(23)20(10-11-20)15-8-6-7-9-16(15)24-5/h6-9,14,22H,10-13H2,1-5H3,(H,21,23). The van der Waals surface area contributed by atoms with Gasteiger partial charge in [0.1, 0.15) is 5.75 Å². The lowest BCUT2D eigenvalue weighted by atomic mass is 9.79. The Morgan fingerprint density at radius 2 is 1.71 bits per heavy atom. The van der Waals surface area contributed by atoms with Crippen LogP contribution in [0.25, 0.3) is 0 Å². The molecule has 2 aliphatic rings. The van der Waals surface area contributed by atoms with E-state index < -0.39 is 5.41 Å². The maximum Gasteiger partial charge on any atom is 0.231 e. The van der Waals surface area contributed by atoms with Crippen LogP contribution in [-0.4, -0.2) is 30.1 Å². The van der Waals surface area contributed by atoms with Crippen LogP contribution in [0.5, 0.6) is 5.75 Å². The largest absolute Gasteiger partial charge is 0.496 e. The summed E-state index contributed by atoms with van der Waals surface area (Å²) in [6.07, 6.45) is 3.70. The maximum atomic E-state index is 13.1. The van der Waals surface area contributed by atoms with E-state index in [1.165, 1.54) is 0 Å². The monoisotopic (exact) mass is 330 g/mol. The van der Waals surface area contributed by atoms with Crippen molar-refractivity contribution < 1.29 is 9.53 Å². The van der Waals surface area contributed by atoms with Gasteiger partial charge in [-0.1, -0.05) is 18.2 Å². The molecule has 3 rings (SSSR count). The van der Waals surface area contributed by atoms with E-state index in [1.807, 2.05) is 24.3 Å². The number of nitrogens with one attached hydrogen (secondary N) is 2. The predicted octanol–water partition coefficient (Wildman–Crippen LogP) is 3.15. The van der Waals surface area contributed by atoms with Gasteiger partial charge in [-0.2, -0.15) is 0 Å². The van der Waals surface area contributed by atoms with Crippen molar-refractivity contribution in [3.63, 3.8) is 0 Å². The first kappa shape index (κ1) is 17.3. The molecule has 0 atom stereocenters. The van der Waals surface area contributed by atoms with Crippen LogP contribution in [0, 0.1) is 0 Å². The van der Waals surface area contributed by atoms with Gasteiger partial charge in [-0.05, 0) is 59.4 Å². The number of hydrogen-bond donors (Lipinski definition) is 2. The number of hydrogen-bond acceptors (Lipinski definition) is 3. The fourth-order valence-corrected chi connectivity index (χ4v) is 4.53. The number of benzene rings is 1. The van der Waals surface area contributed by atoms with E-state index in [-0.39, 0.29) is 23.0 Å². The number of amides is 1. The molecule has 132 valence electrons. The second-order valence-corrected chi connectivity index (χ2v) is 8.75. The minimum absolute atomic E-state index is 0.0286. The van der Waals surface area contributed by atoms with Crippen molar-refractivity contribution in [2.24, 2.45) is 0 Å². The minimum Gasteiger partial charge on any atom is -0.496 e. The summed E-state index contributed by atoms with van der Waals surface area (Å²) in [5, 5.41) is 7.02. The predicted molar refractivity (Wildman–Crippen MR) is 96.4 cm³/mol.